The highest BCUT2D eigenvalue weighted by Gasteiger charge is 2.34. The van der Waals surface area contributed by atoms with Gasteiger partial charge in [-0.2, -0.15) is 0 Å². The normalized spacial score (nSPS) is 23.7. The molecule has 5 rings (SSSR count). The number of aliphatic hydroxyl groups excluding tert-OH is 1. The maximum absolute atomic E-state index is 13.5. The molecule has 2 aliphatic carbocycles. The highest BCUT2D eigenvalue weighted by atomic mass is 16.5. The van der Waals surface area contributed by atoms with E-state index in [1.807, 2.05) is 19.2 Å². The number of benzene rings is 1. The number of allylic oxidation sites excluding steroid dienone is 1. The third-order valence-corrected chi connectivity index (χ3v) is 8.06. The fourth-order valence-electron chi connectivity index (χ4n) is 5.55. The maximum atomic E-state index is 13.5. The first-order chi connectivity index (χ1) is 18.3. The van der Waals surface area contributed by atoms with Gasteiger partial charge in [-0.1, -0.05) is 13.0 Å². The van der Waals surface area contributed by atoms with Gasteiger partial charge in [-0.3, -0.25) is 9.59 Å². The summed E-state index contributed by atoms with van der Waals surface area (Å²) >= 11 is 0. The lowest BCUT2D eigenvalue weighted by Crippen LogP contribution is -2.46. The second-order valence-electron chi connectivity index (χ2n) is 11.1. The molecule has 2 saturated carbocycles. The number of rotatable bonds is 9. The highest BCUT2D eigenvalue weighted by Crippen LogP contribution is 2.40. The highest BCUT2D eigenvalue weighted by molar-refractivity contribution is 6.20. The average molecular weight is 521 g/mol. The SMILES string of the molecule is CCc1ccc(OCC2CC2)c(C2NC(C)=C(C(=O)NC3CCC(NC(=O)C(C)O)CC3)c3[nH]ccc32)c1. The van der Waals surface area contributed by atoms with Crippen molar-refractivity contribution < 1.29 is 19.4 Å². The van der Waals surface area contributed by atoms with Crippen LogP contribution < -0.4 is 20.7 Å². The van der Waals surface area contributed by atoms with E-state index in [4.69, 9.17) is 4.74 Å². The quantitative estimate of drug-likeness (QED) is 0.346. The first-order valence-electron chi connectivity index (χ1n) is 14.0. The summed E-state index contributed by atoms with van der Waals surface area (Å²) in [6.07, 6.45) is 7.41. The zero-order valence-corrected chi connectivity index (χ0v) is 22.6. The summed E-state index contributed by atoms with van der Waals surface area (Å²) < 4.78 is 6.28. The molecule has 38 heavy (non-hydrogen) atoms. The molecule has 3 aliphatic rings. The van der Waals surface area contributed by atoms with E-state index in [1.54, 1.807) is 0 Å². The van der Waals surface area contributed by atoms with Crippen LogP contribution in [0.1, 0.15) is 87.7 Å². The van der Waals surface area contributed by atoms with Crippen LogP contribution in [0.5, 0.6) is 5.75 Å². The number of carbonyl (C=O) groups excluding carboxylic acids is 2. The Morgan fingerprint density at radius 2 is 1.76 bits per heavy atom. The number of hydrogen-bond donors (Lipinski definition) is 5. The van der Waals surface area contributed by atoms with Crippen molar-refractivity contribution in [2.45, 2.75) is 89.9 Å². The van der Waals surface area contributed by atoms with Crippen molar-refractivity contribution in [3.05, 3.63) is 58.5 Å². The monoisotopic (exact) mass is 520 g/mol. The standard InChI is InChI=1S/C30H40N4O4/c1-4-19-7-12-25(38-16-20-5-6-20)24(15-19)27-23-13-14-31-28(23)26(17(2)32-27)30(37)34-22-10-8-21(9-11-22)33-29(36)18(3)35/h7,12-15,18,20-22,27,31-32,35H,4-6,8-11,16H2,1-3H3,(H,33,36)(H,34,37). The molecule has 0 bridgehead atoms. The zero-order valence-electron chi connectivity index (χ0n) is 22.6. The van der Waals surface area contributed by atoms with Crippen molar-refractivity contribution >= 4 is 17.4 Å². The van der Waals surface area contributed by atoms with Crippen molar-refractivity contribution in [3.8, 4) is 5.75 Å². The molecule has 0 saturated heterocycles. The van der Waals surface area contributed by atoms with E-state index in [9.17, 15) is 14.7 Å². The van der Waals surface area contributed by atoms with Gasteiger partial charge in [-0.15, -0.1) is 0 Å². The minimum absolute atomic E-state index is 0.0357. The molecule has 2 aromatic rings. The summed E-state index contributed by atoms with van der Waals surface area (Å²) in [5, 5.41) is 19.2. The second-order valence-corrected chi connectivity index (χ2v) is 11.1. The van der Waals surface area contributed by atoms with Gasteiger partial charge in [0.2, 0.25) is 5.91 Å². The van der Waals surface area contributed by atoms with Crippen LogP contribution in [-0.2, 0) is 16.0 Å². The lowest BCUT2D eigenvalue weighted by Gasteiger charge is -2.32. The van der Waals surface area contributed by atoms with Gasteiger partial charge in [0.05, 0.1) is 23.9 Å². The van der Waals surface area contributed by atoms with E-state index in [-0.39, 0.29) is 29.9 Å². The molecule has 8 nitrogen and oxygen atoms in total. The van der Waals surface area contributed by atoms with Gasteiger partial charge in [0, 0.05) is 35.1 Å². The number of aromatic amines is 1. The summed E-state index contributed by atoms with van der Waals surface area (Å²) in [4.78, 5) is 28.7. The lowest BCUT2D eigenvalue weighted by molar-refractivity contribution is -0.129. The van der Waals surface area contributed by atoms with Crippen molar-refractivity contribution in [1.82, 2.24) is 20.9 Å². The van der Waals surface area contributed by atoms with Gasteiger partial charge in [-0.25, -0.2) is 0 Å². The Hall–Kier alpha value is -3.26. The predicted molar refractivity (Wildman–Crippen MR) is 146 cm³/mol. The molecule has 1 aromatic heterocycles. The molecule has 0 radical (unpaired) electrons. The molecule has 5 N–H and O–H groups in total. The number of fused-ring (bicyclic) bond motifs is 1. The van der Waals surface area contributed by atoms with E-state index in [0.717, 1.165) is 67.0 Å². The minimum Gasteiger partial charge on any atom is -0.493 e. The Morgan fingerprint density at radius 1 is 1.05 bits per heavy atom. The average Bonchev–Trinajstić information content (AvgIpc) is 3.62. The van der Waals surface area contributed by atoms with Crippen molar-refractivity contribution in [3.63, 3.8) is 0 Å². The molecule has 2 amide bonds. The number of hydrogen-bond acceptors (Lipinski definition) is 5. The number of amides is 2. The fourth-order valence-corrected chi connectivity index (χ4v) is 5.55. The number of aromatic nitrogens is 1. The van der Waals surface area contributed by atoms with E-state index < -0.39 is 6.10 Å². The molecule has 2 unspecified atom stereocenters. The minimum atomic E-state index is -1.01. The predicted octanol–water partition coefficient (Wildman–Crippen LogP) is 3.71. The van der Waals surface area contributed by atoms with Gasteiger partial charge >= 0.3 is 0 Å². The van der Waals surface area contributed by atoms with Crippen LogP contribution in [0.15, 0.2) is 36.2 Å². The molecule has 1 aromatic carbocycles. The van der Waals surface area contributed by atoms with Crippen LogP contribution in [-0.4, -0.2) is 46.7 Å². The van der Waals surface area contributed by atoms with Crippen LogP contribution in [0.4, 0.5) is 0 Å². The summed E-state index contributed by atoms with van der Waals surface area (Å²) in [6, 6.07) is 8.47. The molecule has 1 aliphatic heterocycles. The molecule has 8 heteroatoms. The van der Waals surface area contributed by atoms with E-state index in [1.165, 1.54) is 25.3 Å². The molecule has 0 spiro atoms. The third kappa shape index (κ3) is 5.75. The van der Waals surface area contributed by atoms with E-state index in [0.29, 0.717) is 11.5 Å². The van der Waals surface area contributed by atoms with Crippen LogP contribution in [0, 0.1) is 5.92 Å². The molecule has 2 heterocycles. The topological polar surface area (TPSA) is 115 Å². The number of aliphatic hydroxyl groups is 1. The number of H-pyrrole nitrogens is 1. The zero-order chi connectivity index (χ0) is 26.8. The smallest absolute Gasteiger partial charge is 0.255 e. The Balaban J connectivity index is 1.30. The Kier molecular flexibility index (Phi) is 7.79. The molecular weight excluding hydrogens is 480 g/mol. The number of carbonyl (C=O) groups is 2. The third-order valence-electron chi connectivity index (χ3n) is 8.06. The molecule has 2 atom stereocenters. The van der Waals surface area contributed by atoms with Gasteiger partial charge in [0.1, 0.15) is 11.9 Å². The Bertz CT molecular complexity index is 1200. The van der Waals surface area contributed by atoms with Gasteiger partial charge < -0.3 is 30.8 Å². The largest absolute Gasteiger partial charge is 0.493 e. The van der Waals surface area contributed by atoms with E-state index in [2.05, 4.69) is 46.1 Å². The summed E-state index contributed by atoms with van der Waals surface area (Å²) in [7, 11) is 0. The number of nitrogens with one attached hydrogen (secondary N) is 4. The molecule has 2 fully saturated rings. The van der Waals surface area contributed by atoms with Gasteiger partial charge in [-0.05, 0) is 88.5 Å². The maximum Gasteiger partial charge on any atom is 0.255 e. The summed E-state index contributed by atoms with van der Waals surface area (Å²) in [5.41, 5.74) is 5.70. The van der Waals surface area contributed by atoms with Gasteiger partial charge in [0.25, 0.3) is 5.91 Å². The fraction of sp³-hybridized carbons (Fsp3) is 0.533. The summed E-state index contributed by atoms with van der Waals surface area (Å²) in [6.45, 7) is 6.33. The molecule has 204 valence electrons. The van der Waals surface area contributed by atoms with Crippen LogP contribution in [0.25, 0.3) is 5.57 Å². The summed E-state index contributed by atoms with van der Waals surface area (Å²) in [5.74, 6) is 1.13. The lowest BCUT2D eigenvalue weighted by atomic mass is 9.88. The first-order valence-corrected chi connectivity index (χ1v) is 14.0. The first kappa shape index (κ1) is 26.4. The van der Waals surface area contributed by atoms with E-state index >= 15 is 0 Å². The van der Waals surface area contributed by atoms with Crippen molar-refractivity contribution in [2.24, 2.45) is 5.92 Å². The molecular formula is C30H40N4O4. The van der Waals surface area contributed by atoms with Crippen molar-refractivity contribution in [2.75, 3.05) is 6.61 Å². The van der Waals surface area contributed by atoms with Crippen LogP contribution in [0.3, 0.4) is 0 Å². The number of aryl methyl sites for hydroxylation is 1. The van der Waals surface area contributed by atoms with Crippen molar-refractivity contribution in [1.29, 1.82) is 0 Å². The van der Waals surface area contributed by atoms with Crippen LogP contribution in [0.2, 0.25) is 0 Å². The van der Waals surface area contributed by atoms with Crippen LogP contribution >= 0.6 is 0 Å². The Morgan fingerprint density at radius 3 is 2.42 bits per heavy atom. The van der Waals surface area contributed by atoms with Gasteiger partial charge in [0.15, 0.2) is 0 Å². The number of ether oxygens (including phenoxy) is 1. The Labute approximate surface area is 224 Å². The second kappa shape index (κ2) is 11.2.